The Labute approximate surface area is 136 Å². The van der Waals surface area contributed by atoms with E-state index in [1.54, 1.807) is 4.90 Å². The van der Waals surface area contributed by atoms with Gasteiger partial charge in [0.2, 0.25) is 0 Å². The van der Waals surface area contributed by atoms with Crippen LogP contribution in [0.15, 0.2) is 22.7 Å². The molecule has 0 spiro atoms. The Hall–Kier alpha value is -0.580. The molecule has 20 heavy (non-hydrogen) atoms. The van der Waals surface area contributed by atoms with E-state index in [9.17, 15) is 4.79 Å². The second-order valence-electron chi connectivity index (χ2n) is 5.38. The fraction of sp³-hybridized carbons (Fsp3) is 0.533. The van der Waals surface area contributed by atoms with Crippen LogP contribution in [0, 0.1) is 12.8 Å². The van der Waals surface area contributed by atoms with Gasteiger partial charge in [-0.15, -0.1) is 12.4 Å². The zero-order valence-electron chi connectivity index (χ0n) is 12.5. The number of hydrogen-bond donors (Lipinski definition) is 1. The van der Waals surface area contributed by atoms with Gasteiger partial charge in [0.1, 0.15) is 0 Å². The van der Waals surface area contributed by atoms with E-state index in [1.807, 2.05) is 32.2 Å². The number of nitrogens with zero attached hydrogens (tertiary/aromatic N) is 1. The van der Waals surface area contributed by atoms with Gasteiger partial charge in [0.15, 0.2) is 0 Å². The highest BCUT2D eigenvalue weighted by Gasteiger charge is 2.16. The molecular weight excluding hydrogens is 340 g/mol. The lowest BCUT2D eigenvalue weighted by Gasteiger charge is -2.22. The number of halogens is 2. The van der Waals surface area contributed by atoms with Gasteiger partial charge in [-0.1, -0.05) is 35.8 Å². The minimum Gasteiger partial charge on any atom is -0.342 e. The monoisotopic (exact) mass is 362 g/mol. The van der Waals surface area contributed by atoms with Crippen LogP contribution >= 0.6 is 28.3 Å². The van der Waals surface area contributed by atoms with Gasteiger partial charge in [0, 0.05) is 29.7 Å². The predicted octanol–water partition coefficient (Wildman–Crippen LogP) is 3.62. The van der Waals surface area contributed by atoms with E-state index in [4.69, 9.17) is 5.73 Å². The first-order chi connectivity index (χ1) is 8.82. The van der Waals surface area contributed by atoms with E-state index in [0.717, 1.165) is 22.0 Å². The quantitative estimate of drug-likeness (QED) is 0.868. The first-order valence-corrected chi connectivity index (χ1v) is 7.39. The summed E-state index contributed by atoms with van der Waals surface area (Å²) in [7, 11) is 1.83. The van der Waals surface area contributed by atoms with E-state index in [1.165, 1.54) is 0 Å². The molecule has 2 N–H and O–H groups in total. The van der Waals surface area contributed by atoms with Crippen LogP contribution in [0.2, 0.25) is 0 Å². The molecule has 0 saturated carbocycles. The summed E-state index contributed by atoms with van der Waals surface area (Å²) in [6.45, 7) is 6.84. The third-order valence-electron chi connectivity index (χ3n) is 3.43. The van der Waals surface area contributed by atoms with Gasteiger partial charge in [-0.2, -0.15) is 0 Å². The number of rotatable bonds is 5. The van der Waals surface area contributed by atoms with Crippen LogP contribution in [-0.4, -0.2) is 30.4 Å². The highest BCUT2D eigenvalue weighted by molar-refractivity contribution is 9.10. The van der Waals surface area contributed by atoms with Crippen molar-refractivity contribution >= 4 is 34.2 Å². The van der Waals surface area contributed by atoms with Crippen LogP contribution in [0.25, 0.3) is 0 Å². The second kappa shape index (κ2) is 8.65. The van der Waals surface area contributed by atoms with Crippen molar-refractivity contribution in [2.24, 2.45) is 11.7 Å². The van der Waals surface area contributed by atoms with E-state index in [-0.39, 0.29) is 24.4 Å². The van der Waals surface area contributed by atoms with Crippen molar-refractivity contribution in [3.8, 4) is 0 Å². The van der Waals surface area contributed by atoms with Crippen LogP contribution < -0.4 is 5.73 Å². The third kappa shape index (κ3) is 5.43. The van der Waals surface area contributed by atoms with Crippen molar-refractivity contribution in [3.05, 3.63) is 33.8 Å². The van der Waals surface area contributed by atoms with Gasteiger partial charge in [-0.05, 0) is 37.0 Å². The molecule has 0 aliphatic rings. The SMILES string of the molecule is Cc1ccc(Br)cc1C(=O)N(C)CCC(N)C(C)C.Cl. The van der Waals surface area contributed by atoms with Crippen molar-refractivity contribution in [1.82, 2.24) is 4.90 Å². The fourth-order valence-electron chi connectivity index (χ4n) is 1.81. The normalized spacial score (nSPS) is 11.9. The summed E-state index contributed by atoms with van der Waals surface area (Å²) < 4.78 is 0.925. The summed E-state index contributed by atoms with van der Waals surface area (Å²) in [6.07, 6.45) is 0.826. The minimum absolute atomic E-state index is 0. The van der Waals surface area contributed by atoms with Crippen molar-refractivity contribution in [2.75, 3.05) is 13.6 Å². The smallest absolute Gasteiger partial charge is 0.253 e. The van der Waals surface area contributed by atoms with Gasteiger partial charge in [-0.3, -0.25) is 4.79 Å². The van der Waals surface area contributed by atoms with Gasteiger partial charge < -0.3 is 10.6 Å². The lowest BCUT2D eigenvalue weighted by molar-refractivity contribution is 0.0788. The van der Waals surface area contributed by atoms with Crippen molar-refractivity contribution in [3.63, 3.8) is 0 Å². The molecule has 0 radical (unpaired) electrons. The molecule has 0 aliphatic heterocycles. The molecule has 1 amide bonds. The topological polar surface area (TPSA) is 46.3 Å². The van der Waals surface area contributed by atoms with Crippen LogP contribution in [0.3, 0.4) is 0 Å². The Morgan fingerprint density at radius 2 is 2.00 bits per heavy atom. The molecule has 0 fully saturated rings. The van der Waals surface area contributed by atoms with Gasteiger partial charge in [0.25, 0.3) is 5.91 Å². The molecule has 1 rings (SSSR count). The number of hydrogen-bond acceptors (Lipinski definition) is 2. The average Bonchev–Trinajstić information content (AvgIpc) is 2.37. The average molecular weight is 364 g/mol. The Morgan fingerprint density at radius 1 is 1.40 bits per heavy atom. The summed E-state index contributed by atoms with van der Waals surface area (Å²) in [5.41, 5.74) is 7.75. The summed E-state index contributed by atoms with van der Waals surface area (Å²) in [6, 6.07) is 5.90. The molecule has 1 unspecified atom stereocenters. The molecule has 0 heterocycles. The summed E-state index contributed by atoms with van der Waals surface area (Å²) in [5.74, 6) is 0.492. The highest BCUT2D eigenvalue weighted by atomic mass is 79.9. The summed E-state index contributed by atoms with van der Waals surface area (Å²) in [5, 5.41) is 0. The first-order valence-electron chi connectivity index (χ1n) is 6.60. The number of carbonyl (C=O) groups is 1. The predicted molar refractivity (Wildman–Crippen MR) is 90.5 cm³/mol. The summed E-state index contributed by atoms with van der Waals surface area (Å²) >= 11 is 3.40. The molecule has 1 atom stereocenters. The molecule has 114 valence electrons. The van der Waals surface area contributed by atoms with E-state index in [0.29, 0.717) is 12.5 Å². The van der Waals surface area contributed by atoms with E-state index >= 15 is 0 Å². The third-order valence-corrected chi connectivity index (χ3v) is 3.92. The minimum atomic E-state index is 0. The lowest BCUT2D eigenvalue weighted by atomic mass is 10.0. The number of benzene rings is 1. The molecule has 1 aromatic carbocycles. The maximum Gasteiger partial charge on any atom is 0.253 e. The second-order valence-corrected chi connectivity index (χ2v) is 6.30. The van der Waals surface area contributed by atoms with Crippen molar-refractivity contribution < 1.29 is 4.79 Å². The molecular formula is C15H24BrClN2O. The molecule has 1 aromatic rings. The van der Waals surface area contributed by atoms with Gasteiger partial charge in [0.05, 0.1) is 0 Å². The molecule has 3 nitrogen and oxygen atoms in total. The maximum absolute atomic E-state index is 12.4. The summed E-state index contributed by atoms with van der Waals surface area (Å²) in [4.78, 5) is 14.1. The Morgan fingerprint density at radius 3 is 2.55 bits per heavy atom. The van der Waals surface area contributed by atoms with Gasteiger partial charge >= 0.3 is 0 Å². The van der Waals surface area contributed by atoms with Crippen molar-refractivity contribution in [1.29, 1.82) is 0 Å². The van der Waals surface area contributed by atoms with Crippen LogP contribution in [0.4, 0.5) is 0 Å². The van der Waals surface area contributed by atoms with Gasteiger partial charge in [-0.25, -0.2) is 0 Å². The Kier molecular flexibility index (Phi) is 8.40. The fourth-order valence-corrected chi connectivity index (χ4v) is 2.17. The zero-order valence-corrected chi connectivity index (χ0v) is 14.9. The highest BCUT2D eigenvalue weighted by Crippen LogP contribution is 2.17. The Balaban J connectivity index is 0.00000361. The van der Waals surface area contributed by atoms with Crippen LogP contribution in [0.5, 0.6) is 0 Å². The largest absolute Gasteiger partial charge is 0.342 e. The number of carbonyl (C=O) groups excluding carboxylic acids is 1. The standard InChI is InChI=1S/C15H23BrN2O.ClH/c1-10(2)14(17)7-8-18(4)15(19)13-9-12(16)6-5-11(13)3;/h5-6,9-10,14H,7-8,17H2,1-4H3;1H. The zero-order chi connectivity index (χ0) is 14.6. The molecule has 0 aliphatic carbocycles. The molecule has 0 aromatic heterocycles. The van der Waals surface area contributed by atoms with Crippen LogP contribution in [0.1, 0.15) is 36.2 Å². The number of nitrogens with two attached hydrogens (primary N) is 1. The van der Waals surface area contributed by atoms with Crippen molar-refractivity contribution in [2.45, 2.75) is 33.2 Å². The number of amides is 1. The molecule has 0 bridgehead atoms. The van der Waals surface area contributed by atoms with Crippen LogP contribution in [-0.2, 0) is 0 Å². The number of aryl methyl sites for hydroxylation is 1. The van der Waals surface area contributed by atoms with E-state index in [2.05, 4.69) is 29.8 Å². The molecule has 0 saturated heterocycles. The lowest BCUT2D eigenvalue weighted by Crippen LogP contribution is -2.34. The van der Waals surface area contributed by atoms with E-state index < -0.39 is 0 Å². The molecule has 5 heteroatoms. The maximum atomic E-state index is 12.4. The Bertz CT molecular complexity index is 451. The first kappa shape index (κ1) is 19.4.